The summed E-state index contributed by atoms with van der Waals surface area (Å²) in [6.07, 6.45) is 4.58. The Morgan fingerprint density at radius 2 is 2.12 bits per heavy atom. The Kier molecular flexibility index (Phi) is 4.17. The van der Waals surface area contributed by atoms with E-state index in [1.807, 2.05) is 36.5 Å². The molecule has 0 bridgehead atoms. The van der Waals surface area contributed by atoms with Crippen molar-refractivity contribution in [2.24, 2.45) is 0 Å². The summed E-state index contributed by atoms with van der Waals surface area (Å²) in [5.41, 5.74) is 4.12. The molecule has 0 saturated carbocycles. The number of halogens is 1. The van der Waals surface area contributed by atoms with Crippen LogP contribution >= 0.6 is 11.6 Å². The first-order valence-electron chi connectivity index (χ1n) is 8.31. The van der Waals surface area contributed by atoms with Crippen LogP contribution in [0.25, 0.3) is 16.9 Å². The van der Waals surface area contributed by atoms with E-state index in [0.29, 0.717) is 0 Å². The standard InChI is InChI=1S/C19H20ClN3O/c1-13-4-2-10-23-18(13)22-17(14-6-8-15(20)9-7-14)19(23)21-12-16-5-3-11-24-16/h2,4,6-10,16,21H,3,5,11-12H2,1H3/t16-/m0/s1. The molecular weight excluding hydrogens is 322 g/mol. The second kappa shape index (κ2) is 6.46. The van der Waals surface area contributed by atoms with E-state index in [1.165, 1.54) is 0 Å². The number of rotatable bonds is 4. The van der Waals surface area contributed by atoms with Crippen LogP contribution in [-0.2, 0) is 4.74 Å². The van der Waals surface area contributed by atoms with Crippen molar-refractivity contribution < 1.29 is 4.74 Å². The Bertz CT molecular complexity index is 851. The lowest BCUT2D eigenvalue weighted by Gasteiger charge is -2.13. The number of aryl methyl sites for hydroxylation is 1. The minimum Gasteiger partial charge on any atom is -0.376 e. The number of anilines is 1. The van der Waals surface area contributed by atoms with Crippen LogP contribution in [-0.4, -0.2) is 28.6 Å². The molecule has 0 amide bonds. The second-order valence-corrected chi connectivity index (χ2v) is 6.65. The lowest BCUT2D eigenvalue weighted by atomic mass is 10.1. The van der Waals surface area contributed by atoms with Gasteiger partial charge >= 0.3 is 0 Å². The van der Waals surface area contributed by atoms with Gasteiger partial charge in [-0.1, -0.05) is 29.8 Å². The first kappa shape index (κ1) is 15.5. The SMILES string of the molecule is Cc1cccn2c(NC[C@@H]3CCCO3)c(-c3ccc(Cl)cc3)nc12. The van der Waals surface area contributed by atoms with E-state index in [1.54, 1.807) is 0 Å². The molecular formula is C19H20ClN3O. The summed E-state index contributed by atoms with van der Waals surface area (Å²) in [6.45, 7) is 3.74. The highest BCUT2D eigenvalue weighted by atomic mass is 35.5. The van der Waals surface area contributed by atoms with Crippen molar-refractivity contribution in [1.82, 2.24) is 9.38 Å². The van der Waals surface area contributed by atoms with E-state index in [0.717, 1.165) is 59.3 Å². The average Bonchev–Trinajstić information content (AvgIpc) is 3.22. The van der Waals surface area contributed by atoms with Gasteiger partial charge in [-0.15, -0.1) is 0 Å². The largest absolute Gasteiger partial charge is 0.376 e. The highest BCUT2D eigenvalue weighted by molar-refractivity contribution is 6.30. The summed E-state index contributed by atoms with van der Waals surface area (Å²) in [7, 11) is 0. The molecule has 3 aromatic rings. The van der Waals surface area contributed by atoms with E-state index in [4.69, 9.17) is 21.3 Å². The lowest BCUT2D eigenvalue weighted by Crippen LogP contribution is -2.19. The third-order valence-corrected chi connectivity index (χ3v) is 4.74. The molecule has 24 heavy (non-hydrogen) atoms. The molecule has 3 heterocycles. The third-order valence-electron chi connectivity index (χ3n) is 4.48. The number of nitrogens with zero attached hydrogens (tertiary/aromatic N) is 2. The molecule has 1 atom stereocenters. The zero-order valence-corrected chi connectivity index (χ0v) is 14.4. The van der Waals surface area contributed by atoms with E-state index in [-0.39, 0.29) is 6.10 Å². The van der Waals surface area contributed by atoms with Crippen LogP contribution in [0.5, 0.6) is 0 Å². The topological polar surface area (TPSA) is 38.6 Å². The zero-order chi connectivity index (χ0) is 16.5. The predicted octanol–water partition coefficient (Wildman–Crippen LogP) is 4.55. The van der Waals surface area contributed by atoms with Crippen molar-refractivity contribution >= 4 is 23.1 Å². The van der Waals surface area contributed by atoms with Crippen LogP contribution in [0.4, 0.5) is 5.82 Å². The third kappa shape index (κ3) is 2.87. The van der Waals surface area contributed by atoms with Crippen molar-refractivity contribution in [3.63, 3.8) is 0 Å². The van der Waals surface area contributed by atoms with Gasteiger partial charge in [0.15, 0.2) is 0 Å². The van der Waals surface area contributed by atoms with Crippen molar-refractivity contribution in [3.8, 4) is 11.3 Å². The monoisotopic (exact) mass is 341 g/mol. The number of benzene rings is 1. The van der Waals surface area contributed by atoms with E-state index in [9.17, 15) is 0 Å². The maximum atomic E-state index is 6.03. The highest BCUT2D eigenvalue weighted by Crippen LogP contribution is 2.31. The number of fused-ring (bicyclic) bond motifs is 1. The molecule has 124 valence electrons. The normalized spacial score (nSPS) is 17.5. The molecule has 1 saturated heterocycles. The van der Waals surface area contributed by atoms with Crippen LogP contribution < -0.4 is 5.32 Å². The molecule has 0 spiro atoms. The van der Waals surface area contributed by atoms with Gasteiger partial charge in [0.25, 0.3) is 0 Å². The van der Waals surface area contributed by atoms with Crippen molar-refractivity contribution in [1.29, 1.82) is 0 Å². The predicted molar refractivity (Wildman–Crippen MR) is 97.8 cm³/mol. The van der Waals surface area contributed by atoms with Gasteiger partial charge in [0.05, 0.1) is 6.10 Å². The Morgan fingerprint density at radius 3 is 2.88 bits per heavy atom. The van der Waals surface area contributed by atoms with Crippen LogP contribution in [0.1, 0.15) is 18.4 Å². The first-order chi connectivity index (χ1) is 11.7. The smallest absolute Gasteiger partial charge is 0.142 e. The Labute approximate surface area is 146 Å². The summed E-state index contributed by atoms with van der Waals surface area (Å²) >= 11 is 6.03. The van der Waals surface area contributed by atoms with Gasteiger partial charge in [-0.2, -0.15) is 0 Å². The molecule has 1 fully saturated rings. The maximum Gasteiger partial charge on any atom is 0.142 e. The van der Waals surface area contributed by atoms with E-state index < -0.39 is 0 Å². The molecule has 1 aliphatic heterocycles. The van der Waals surface area contributed by atoms with Crippen LogP contribution in [0.2, 0.25) is 5.02 Å². The van der Waals surface area contributed by atoms with Crippen LogP contribution in [0.3, 0.4) is 0 Å². The summed E-state index contributed by atoms with van der Waals surface area (Å²) in [5.74, 6) is 1.01. The summed E-state index contributed by atoms with van der Waals surface area (Å²) in [5, 5.41) is 4.29. The van der Waals surface area contributed by atoms with Crippen LogP contribution in [0.15, 0.2) is 42.6 Å². The number of imidazole rings is 1. The van der Waals surface area contributed by atoms with E-state index >= 15 is 0 Å². The van der Waals surface area contributed by atoms with Gasteiger partial charge < -0.3 is 10.1 Å². The fourth-order valence-electron chi connectivity index (χ4n) is 3.20. The van der Waals surface area contributed by atoms with Gasteiger partial charge in [0.1, 0.15) is 17.2 Å². The number of ether oxygens (including phenoxy) is 1. The fraction of sp³-hybridized carbons (Fsp3) is 0.316. The van der Waals surface area contributed by atoms with Gasteiger partial charge in [0.2, 0.25) is 0 Å². The minimum absolute atomic E-state index is 0.276. The average molecular weight is 342 g/mol. The number of pyridine rings is 1. The Balaban J connectivity index is 1.77. The van der Waals surface area contributed by atoms with Crippen molar-refractivity contribution in [2.75, 3.05) is 18.5 Å². The number of nitrogens with one attached hydrogen (secondary N) is 1. The number of hydrogen-bond donors (Lipinski definition) is 1. The van der Waals surface area contributed by atoms with Crippen molar-refractivity contribution in [2.45, 2.75) is 25.9 Å². The molecule has 4 nitrogen and oxygen atoms in total. The van der Waals surface area contributed by atoms with Gasteiger partial charge in [-0.3, -0.25) is 4.40 Å². The molecule has 2 aromatic heterocycles. The molecule has 0 aliphatic carbocycles. The number of hydrogen-bond acceptors (Lipinski definition) is 3. The lowest BCUT2D eigenvalue weighted by molar-refractivity contribution is 0.120. The van der Waals surface area contributed by atoms with Gasteiger partial charge in [-0.05, 0) is 43.5 Å². The maximum absolute atomic E-state index is 6.03. The Morgan fingerprint density at radius 1 is 1.29 bits per heavy atom. The molecule has 4 rings (SSSR count). The summed E-state index contributed by atoms with van der Waals surface area (Å²) < 4.78 is 7.86. The molecule has 5 heteroatoms. The summed E-state index contributed by atoms with van der Waals surface area (Å²) in [6, 6.07) is 12.0. The molecule has 0 radical (unpaired) electrons. The zero-order valence-electron chi connectivity index (χ0n) is 13.6. The fourth-order valence-corrected chi connectivity index (χ4v) is 3.32. The van der Waals surface area contributed by atoms with Gasteiger partial charge in [0, 0.05) is 29.9 Å². The minimum atomic E-state index is 0.276. The highest BCUT2D eigenvalue weighted by Gasteiger charge is 2.19. The van der Waals surface area contributed by atoms with E-state index in [2.05, 4.69) is 22.7 Å². The number of aromatic nitrogens is 2. The second-order valence-electron chi connectivity index (χ2n) is 6.22. The molecule has 0 unspecified atom stereocenters. The quantitative estimate of drug-likeness (QED) is 0.756. The van der Waals surface area contributed by atoms with Crippen molar-refractivity contribution in [3.05, 3.63) is 53.2 Å². The Hall–Kier alpha value is -2.04. The van der Waals surface area contributed by atoms with Crippen LogP contribution in [0, 0.1) is 6.92 Å². The molecule has 1 aliphatic rings. The summed E-state index contributed by atoms with van der Waals surface area (Å²) in [4.78, 5) is 4.87. The first-order valence-corrected chi connectivity index (χ1v) is 8.69. The van der Waals surface area contributed by atoms with Gasteiger partial charge in [-0.25, -0.2) is 4.98 Å². The molecule has 1 aromatic carbocycles. The molecule has 1 N–H and O–H groups in total.